The van der Waals surface area contributed by atoms with E-state index in [2.05, 4.69) is 4.74 Å². The molecule has 0 aromatic carbocycles. The van der Waals surface area contributed by atoms with Crippen LogP contribution in [0.25, 0.3) is 0 Å². The first-order valence-electron chi connectivity index (χ1n) is 22.5. The third-order valence-corrected chi connectivity index (χ3v) is 9.41. The van der Waals surface area contributed by atoms with Crippen molar-refractivity contribution in [2.24, 2.45) is 0 Å². The van der Waals surface area contributed by atoms with Gasteiger partial charge in [-0.1, -0.05) is 161 Å². The van der Waals surface area contributed by atoms with Crippen LogP contribution in [0.2, 0.25) is 0 Å². The molecule has 0 unspecified atom stereocenters. The Balaban J connectivity index is 0.000000282. The van der Waals surface area contributed by atoms with E-state index in [0.717, 1.165) is 79.3 Å². The van der Waals surface area contributed by atoms with Crippen molar-refractivity contribution >= 4 is 0 Å². The first-order valence-corrected chi connectivity index (χ1v) is 22.5. The van der Waals surface area contributed by atoms with Gasteiger partial charge < -0.3 is 33.2 Å². The Morgan fingerprint density at radius 2 is 0.275 bits per heavy atom. The molecule has 0 N–H and O–H groups in total. The molecule has 5 aliphatic carbocycles. The van der Waals surface area contributed by atoms with E-state index in [0.29, 0.717) is 6.79 Å². The van der Waals surface area contributed by atoms with Crippen LogP contribution >= 0.6 is 0 Å². The zero-order valence-corrected chi connectivity index (χ0v) is 34.0. The topological polar surface area (TPSA) is 67.9 Å². The largest absolute Gasteiger partial charge is 0.381 e. The molecule has 0 radical (unpaired) electrons. The predicted molar refractivity (Wildman–Crippen MR) is 214 cm³/mol. The normalized spacial score (nSPS) is 24.0. The molecular formula is C44H88O7. The SMILES string of the molecule is C1CC1.C1CCC1.C1CCCC1.C1CCCCC1.C1CCCCCC1.C1CCOC1.C1CCOC1.C1CO1.C1COC1.C1COC1.C1COCO1. The maximum Gasteiger partial charge on any atom is 0.146 e. The molecule has 0 amide bonds. The number of epoxide rings is 1. The van der Waals surface area contributed by atoms with Crippen molar-refractivity contribution in [1.82, 2.24) is 0 Å². The fourth-order valence-electron chi connectivity index (χ4n) is 5.04. The van der Waals surface area contributed by atoms with Gasteiger partial charge in [0.25, 0.3) is 0 Å². The van der Waals surface area contributed by atoms with E-state index < -0.39 is 0 Å². The highest BCUT2D eigenvalue weighted by atomic mass is 16.7. The third-order valence-electron chi connectivity index (χ3n) is 9.41. The van der Waals surface area contributed by atoms with Gasteiger partial charge in [0.05, 0.1) is 26.4 Å². The van der Waals surface area contributed by atoms with Gasteiger partial charge in [-0.3, -0.25) is 0 Å². The molecule has 0 aromatic rings. The second-order valence-corrected chi connectivity index (χ2v) is 15.0. The molecule has 6 saturated heterocycles. The first kappa shape index (κ1) is 48.7. The summed E-state index contributed by atoms with van der Waals surface area (Å²) in [5.74, 6) is 0. The van der Waals surface area contributed by atoms with Gasteiger partial charge in [0, 0.05) is 52.9 Å². The second kappa shape index (κ2) is 45.9. The fourth-order valence-corrected chi connectivity index (χ4v) is 5.04. The van der Waals surface area contributed by atoms with E-state index in [1.807, 2.05) is 0 Å². The maximum atomic E-state index is 4.94. The van der Waals surface area contributed by atoms with E-state index in [4.69, 9.17) is 28.4 Å². The van der Waals surface area contributed by atoms with Crippen LogP contribution in [0.1, 0.15) is 199 Å². The Morgan fingerprint density at radius 3 is 0.333 bits per heavy atom. The van der Waals surface area contributed by atoms with Crippen molar-refractivity contribution in [2.75, 3.05) is 86.1 Å². The Labute approximate surface area is 317 Å². The van der Waals surface area contributed by atoms with E-state index in [1.54, 1.807) is 0 Å². The van der Waals surface area contributed by atoms with Gasteiger partial charge in [-0.05, 0) is 38.5 Å². The number of ether oxygens (including phenoxy) is 7. The Hall–Kier alpha value is -0.280. The zero-order valence-electron chi connectivity index (χ0n) is 34.0. The molecule has 5 saturated carbocycles. The summed E-state index contributed by atoms with van der Waals surface area (Å²) < 4.78 is 33.3. The van der Waals surface area contributed by atoms with E-state index in [9.17, 15) is 0 Å². The third kappa shape index (κ3) is 51.9. The molecule has 7 nitrogen and oxygen atoms in total. The van der Waals surface area contributed by atoms with Gasteiger partial charge in [0.15, 0.2) is 0 Å². The van der Waals surface area contributed by atoms with Crippen LogP contribution in [0.15, 0.2) is 0 Å². The Bertz CT molecular complexity index is 428. The highest BCUT2D eigenvalue weighted by molar-refractivity contribution is 4.53. The summed E-state index contributed by atoms with van der Waals surface area (Å²) in [4.78, 5) is 0. The second-order valence-electron chi connectivity index (χ2n) is 15.0. The van der Waals surface area contributed by atoms with Crippen molar-refractivity contribution < 1.29 is 33.2 Å². The minimum atomic E-state index is 0.500. The van der Waals surface area contributed by atoms with E-state index in [-0.39, 0.29) is 0 Å². The molecule has 0 bridgehead atoms. The van der Waals surface area contributed by atoms with Gasteiger partial charge in [-0.15, -0.1) is 0 Å². The predicted octanol–water partition coefficient (Wildman–Crippen LogP) is 12.2. The summed E-state index contributed by atoms with van der Waals surface area (Å²) in [5, 5.41) is 0. The van der Waals surface area contributed by atoms with Crippen molar-refractivity contribution in [3.8, 4) is 0 Å². The monoisotopic (exact) mass is 729 g/mol. The molecule has 0 atom stereocenters. The Morgan fingerprint density at radius 1 is 0.118 bits per heavy atom. The lowest BCUT2D eigenvalue weighted by atomic mass is 10.0. The average Bonchev–Trinajstić information content (AvgIpc) is 3.85. The first-order chi connectivity index (χ1) is 25.5. The van der Waals surface area contributed by atoms with Gasteiger partial charge in [-0.2, -0.15) is 0 Å². The quantitative estimate of drug-likeness (QED) is 0.182. The summed E-state index contributed by atoms with van der Waals surface area (Å²) in [6, 6.07) is 0. The minimum absolute atomic E-state index is 0.500. The van der Waals surface area contributed by atoms with Crippen LogP contribution in [0.4, 0.5) is 0 Å². The lowest BCUT2D eigenvalue weighted by Gasteiger charge is -2.09. The van der Waals surface area contributed by atoms with Gasteiger partial charge in [0.1, 0.15) is 6.79 Å². The summed E-state index contributed by atoms with van der Waals surface area (Å²) in [7, 11) is 0. The highest BCUT2D eigenvalue weighted by Gasteiger charge is 1.99. The molecule has 6 heterocycles. The maximum absolute atomic E-state index is 4.94. The minimum Gasteiger partial charge on any atom is -0.381 e. The molecule has 6 aliphatic heterocycles. The highest BCUT2D eigenvalue weighted by Crippen LogP contribution is 2.17. The van der Waals surface area contributed by atoms with Crippen LogP contribution in [-0.4, -0.2) is 86.1 Å². The summed E-state index contributed by atoms with van der Waals surface area (Å²) in [6.45, 7) is 12.1. The smallest absolute Gasteiger partial charge is 0.146 e. The van der Waals surface area contributed by atoms with Crippen LogP contribution in [-0.2, 0) is 33.2 Å². The van der Waals surface area contributed by atoms with Crippen molar-refractivity contribution in [2.45, 2.75) is 199 Å². The van der Waals surface area contributed by atoms with E-state index in [1.165, 1.54) is 199 Å². The van der Waals surface area contributed by atoms with Crippen LogP contribution < -0.4 is 0 Å². The van der Waals surface area contributed by atoms with Crippen molar-refractivity contribution in [3.05, 3.63) is 0 Å². The number of rotatable bonds is 0. The number of hydrogen-bond donors (Lipinski definition) is 0. The van der Waals surface area contributed by atoms with Gasteiger partial charge in [-0.25, -0.2) is 0 Å². The van der Waals surface area contributed by atoms with Crippen molar-refractivity contribution in [3.63, 3.8) is 0 Å². The van der Waals surface area contributed by atoms with Crippen LogP contribution in [0.3, 0.4) is 0 Å². The van der Waals surface area contributed by atoms with Crippen molar-refractivity contribution in [1.29, 1.82) is 0 Å². The fraction of sp³-hybridized carbons (Fsp3) is 1.00. The summed E-state index contributed by atoms with van der Waals surface area (Å²) >= 11 is 0. The summed E-state index contributed by atoms with van der Waals surface area (Å²) in [6.07, 6.45) is 45.2. The molecule has 7 heteroatoms. The molecule has 11 rings (SSSR count). The lowest BCUT2D eigenvalue weighted by Crippen LogP contribution is -2.09. The standard InChI is InChI=1S/C7H14.C6H12.C5H10.2C4H8O.C4H8.C3H6O2.2C3H6O.C3H6.C2H4O/c1-2-4-6-7-5-3-1;1-2-4-6-5-3-1;3*1-2-4-5-3-1;1-2-4-3-1;1-2-5-3-4-1;2*1-2-4-3-1;2*1-2-3-1/h1-7H2;1-6H2;1-5H2;2*1-4H2;1-4H2;1-3H2;2*1-3H2;1-3H2;1-2H2. The summed E-state index contributed by atoms with van der Waals surface area (Å²) in [5.41, 5.74) is 0. The molecule has 0 aromatic heterocycles. The van der Waals surface area contributed by atoms with Crippen LogP contribution in [0.5, 0.6) is 0 Å². The lowest BCUT2D eigenvalue weighted by molar-refractivity contribution is 0.0366. The average molecular weight is 729 g/mol. The molecule has 306 valence electrons. The Kier molecular flexibility index (Phi) is 43.8. The molecule has 11 aliphatic rings. The van der Waals surface area contributed by atoms with Gasteiger partial charge >= 0.3 is 0 Å². The van der Waals surface area contributed by atoms with E-state index >= 15 is 0 Å². The van der Waals surface area contributed by atoms with Gasteiger partial charge in [0.2, 0.25) is 0 Å². The zero-order chi connectivity index (χ0) is 36.1. The molecule has 11 fully saturated rings. The molecule has 51 heavy (non-hydrogen) atoms. The number of hydrogen-bond acceptors (Lipinski definition) is 7. The molecular weight excluding hydrogens is 640 g/mol. The van der Waals surface area contributed by atoms with Crippen LogP contribution in [0, 0.1) is 0 Å². The molecule has 0 spiro atoms.